The normalized spacial score (nSPS) is 18.5. The molecule has 1 N–H and O–H groups in total. The van der Waals surface area contributed by atoms with Crippen LogP contribution in [0.1, 0.15) is 36.2 Å². The van der Waals surface area contributed by atoms with Gasteiger partial charge in [0.1, 0.15) is 23.7 Å². The smallest absolute Gasteiger partial charge is 0.341 e. The number of benzene rings is 1. The van der Waals surface area contributed by atoms with Crippen LogP contribution in [0.2, 0.25) is 0 Å². The molecular formula is C22H25F2N3O4. The number of carboxylic acids is 1. The maximum absolute atomic E-state index is 15.2. The molecule has 1 aromatic carbocycles. The van der Waals surface area contributed by atoms with Crippen LogP contribution in [0, 0.1) is 5.82 Å². The Bertz CT molecular complexity index is 1150. The Hall–Kier alpha value is -2.94. The van der Waals surface area contributed by atoms with Crippen molar-refractivity contribution in [1.29, 1.82) is 0 Å². The van der Waals surface area contributed by atoms with Gasteiger partial charge in [-0.1, -0.05) is 0 Å². The van der Waals surface area contributed by atoms with Crippen LogP contribution in [0.5, 0.6) is 5.75 Å². The molecule has 0 amide bonds. The third-order valence-corrected chi connectivity index (χ3v) is 5.89. The van der Waals surface area contributed by atoms with Gasteiger partial charge in [-0.2, -0.15) is 0 Å². The van der Waals surface area contributed by atoms with Crippen LogP contribution >= 0.6 is 0 Å². The maximum atomic E-state index is 15.2. The van der Waals surface area contributed by atoms with Crippen molar-refractivity contribution in [1.82, 2.24) is 9.47 Å². The molecule has 2 aliphatic rings. The highest BCUT2D eigenvalue weighted by atomic mass is 19.1. The van der Waals surface area contributed by atoms with Crippen LogP contribution in [0.15, 0.2) is 28.5 Å². The number of piperidine rings is 1. The van der Waals surface area contributed by atoms with Crippen molar-refractivity contribution >= 4 is 22.6 Å². The summed E-state index contributed by atoms with van der Waals surface area (Å²) in [5, 5.41) is 9.37. The molecule has 2 aliphatic heterocycles. The third kappa shape index (κ3) is 3.67. The summed E-state index contributed by atoms with van der Waals surface area (Å²) in [5.74, 6) is -1.91. The molecule has 0 saturated carbocycles. The molecule has 7 nitrogen and oxygen atoms in total. The van der Waals surface area contributed by atoms with Gasteiger partial charge in [-0.05, 0) is 45.5 Å². The highest BCUT2D eigenvalue weighted by Gasteiger charge is 2.31. The van der Waals surface area contributed by atoms with Crippen LogP contribution in [-0.4, -0.2) is 60.9 Å². The summed E-state index contributed by atoms with van der Waals surface area (Å²) in [4.78, 5) is 27.8. The molecule has 0 unspecified atom stereocenters. The summed E-state index contributed by atoms with van der Waals surface area (Å²) in [6, 6.07) is 0.877. The number of aromatic nitrogens is 1. The van der Waals surface area contributed by atoms with Crippen LogP contribution in [0.4, 0.5) is 14.5 Å². The number of carbonyl (C=O) groups is 1. The molecule has 1 aromatic heterocycles. The lowest BCUT2D eigenvalue weighted by molar-refractivity contribution is 0.0694. The quantitative estimate of drug-likeness (QED) is 0.799. The second kappa shape index (κ2) is 7.96. The van der Waals surface area contributed by atoms with Gasteiger partial charge in [0, 0.05) is 25.8 Å². The van der Waals surface area contributed by atoms with E-state index in [0.29, 0.717) is 31.4 Å². The molecule has 1 atom stereocenters. The van der Waals surface area contributed by atoms with Gasteiger partial charge >= 0.3 is 5.97 Å². The number of hydrogen-bond acceptors (Lipinski definition) is 5. The minimum absolute atomic E-state index is 0.0164. The number of aromatic carboxylic acids is 1. The number of halogens is 2. The number of carboxylic acid groups (broad SMARTS) is 1. The van der Waals surface area contributed by atoms with E-state index in [-0.39, 0.29) is 41.8 Å². The second-order valence-electron chi connectivity index (χ2n) is 8.41. The molecule has 0 aliphatic carbocycles. The summed E-state index contributed by atoms with van der Waals surface area (Å²) in [6.07, 6.45) is 2.24. The minimum atomic E-state index is -1.35. The Balaban J connectivity index is 1.80. The first-order chi connectivity index (χ1) is 14.7. The monoisotopic (exact) mass is 433 g/mol. The van der Waals surface area contributed by atoms with Crippen LogP contribution in [-0.2, 0) is 0 Å². The van der Waals surface area contributed by atoms with Crippen molar-refractivity contribution in [2.75, 3.05) is 45.2 Å². The van der Waals surface area contributed by atoms with Crippen molar-refractivity contribution < 1.29 is 23.4 Å². The molecule has 31 heavy (non-hydrogen) atoms. The van der Waals surface area contributed by atoms with E-state index in [2.05, 4.69) is 0 Å². The topological polar surface area (TPSA) is 75.0 Å². The van der Waals surface area contributed by atoms with E-state index < -0.39 is 22.8 Å². The molecule has 0 bridgehead atoms. The first-order valence-corrected chi connectivity index (χ1v) is 10.2. The van der Waals surface area contributed by atoms with E-state index in [4.69, 9.17) is 4.74 Å². The van der Waals surface area contributed by atoms with Gasteiger partial charge in [0.05, 0.1) is 16.9 Å². The van der Waals surface area contributed by atoms with Gasteiger partial charge in [0.15, 0.2) is 11.6 Å². The third-order valence-electron chi connectivity index (χ3n) is 5.89. The Morgan fingerprint density at radius 3 is 2.61 bits per heavy atom. The predicted octanol–water partition coefficient (Wildman–Crippen LogP) is 3.18. The summed E-state index contributed by atoms with van der Waals surface area (Å²) in [7, 11) is 3.61. The highest BCUT2D eigenvalue weighted by Crippen LogP contribution is 2.43. The van der Waals surface area contributed by atoms with E-state index in [0.717, 1.165) is 11.6 Å². The average Bonchev–Trinajstić information content (AvgIpc) is 2.71. The van der Waals surface area contributed by atoms with E-state index in [1.165, 1.54) is 6.20 Å². The number of ether oxygens (including phenoxy) is 1. The van der Waals surface area contributed by atoms with Crippen molar-refractivity contribution in [2.45, 2.75) is 25.8 Å². The fourth-order valence-electron chi connectivity index (χ4n) is 4.32. The Morgan fingerprint density at radius 2 is 2.00 bits per heavy atom. The standard InChI is InChI=1S/C22H25F2N3O4/c1-12-11-31-21-18-14(20(28)15(22(29)30)9-27(12)18)8-16(23)19(21)26-6-4-13(5-7-26)17(24)10-25(2)3/h8-9,12H,4-7,10-11H2,1-3H3,(H,29,30)/t12-/m0/s1. The van der Waals surface area contributed by atoms with Crippen molar-refractivity contribution in [3.8, 4) is 5.75 Å². The number of hydrogen-bond donors (Lipinski definition) is 1. The lowest BCUT2D eigenvalue weighted by Gasteiger charge is -2.35. The molecular weight excluding hydrogens is 408 g/mol. The van der Waals surface area contributed by atoms with Crippen LogP contribution in [0.3, 0.4) is 0 Å². The largest absolute Gasteiger partial charge is 0.487 e. The SMILES string of the molecule is C[C@H]1COc2c(N3CCC(=C(F)CN(C)C)CC3)c(F)cc3c(=O)c(C(=O)O)cn1c23. The van der Waals surface area contributed by atoms with Gasteiger partial charge < -0.3 is 24.2 Å². The molecule has 1 saturated heterocycles. The number of pyridine rings is 1. The Labute approximate surface area is 178 Å². The molecule has 0 radical (unpaired) electrons. The zero-order chi connectivity index (χ0) is 22.4. The first-order valence-electron chi connectivity index (χ1n) is 10.2. The number of anilines is 1. The van der Waals surface area contributed by atoms with Gasteiger partial charge in [0.2, 0.25) is 5.43 Å². The molecule has 9 heteroatoms. The summed E-state index contributed by atoms with van der Waals surface area (Å²) in [6.45, 7) is 3.14. The summed E-state index contributed by atoms with van der Waals surface area (Å²) in [5.41, 5.74) is 0.228. The zero-order valence-electron chi connectivity index (χ0n) is 17.7. The second-order valence-corrected chi connectivity index (χ2v) is 8.41. The zero-order valence-corrected chi connectivity index (χ0v) is 17.7. The Kier molecular flexibility index (Phi) is 5.47. The van der Waals surface area contributed by atoms with Gasteiger partial charge in [-0.25, -0.2) is 13.6 Å². The summed E-state index contributed by atoms with van der Waals surface area (Å²) >= 11 is 0. The fourth-order valence-corrected chi connectivity index (χ4v) is 4.32. The van der Waals surface area contributed by atoms with Gasteiger partial charge in [-0.15, -0.1) is 0 Å². The molecule has 2 aromatic rings. The first kappa shape index (κ1) is 21.3. The lowest BCUT2D eigenvalue weighted by Crippen LogP contribution is -2.34. The average molecular weight is 433 g/mol. The van der Waals surface area contributed by atoms with Crippen molar-refractivity contribution in [2.24, 2.45) is 0 Å². The maximum Gasteiger partial charge on any atom is 0.341 e. The van der Waals surface area contributed by atoms with E-state index in [1.54, 1.807) is 23.6 Å². The molecule has 3 heterocycles. The molecule has 166 valence electrons. The molecule has 0 spiro atoms. The van der Waals surface area contributed by atoms with Gasteiger partial charge in [0.25, 0.3) is 0 Å². The highest BCUT2D eigenvalue weighted by molar-refractivity contribution is 5.97. The van der Waals surface area contributed by atoms with E-state index >= 15 is 4.39 Å². The summed E-state index contributed by atoms with van der Waals surface area (Å²) < 4.78 is 37.2. The number of nitrogens with zero attached hydrogens (tertiary/aromatic N) is 3. The van der Waals surface area contributed by atoms with E-state index in [9.17, 15) is 19.1 Å². The predicted molar refractivity (Wildman–Crippen MR) is 113 cm³/mol. The molecule has 1 fully saturated rings. The molecule has 4 rings (SSSR count). The van der Waals surface area contributed by atoms with E-state index in [1.807, 2.05) is 11.8 Å². The Morgan fingerprint density at radius 1 is 1.32 bits per heavy atom. The van der Waals surface area contributed by atoms with Crippen LogP contribution < -0.4 is 15.1 Å². The van der Waals surface area contributed by atoms with Crippen LogP contribution in [0.25, 0.3) is 10.9 Å². The minimum Gasteiger partial charge on any atom is -0.487 e. The fraction of sp³-hybridized carbons (Fsp3) is 0.455. The number of likely N-dealkylation sites (N-methyl/N-ethyl adjacent to an activating group) is 1. The van der Waals surface area contributed by atoms with Crippen molar-refractivity contribution in [3.63, 3.8) is 0 Å². The lowest BCUT2D eigenvalue weighted by atomic mass is 10.0. The van der Waals surface area contributed by atoms with Gasteiger partial charge in [-0.3, -0.25) is 4.79 Å². The number of rotatable bonds is 4. The van der Waals surface area contributed by atoms with Crippen molar-refractivity contribution in [3.05, 3.63) is 45.3 Å².